The summed E-state index contributed by atoms with van der Waals surface area (Å²) in [4.78, 5) is 16.0. The number of nitrogens with zero attached hydrogens (tertiary/aromatic N) is 2. The van der Waals surface area contributed by atoms with Crippen molar-refractivity contribution in [1.29, 1.82) is 0 Å². The largest absolute Gasteiger partial charge is 0.344 e. The highest BCUT2D eigenvalue weighted by Gasteiger charge is 2.28. The second kappa shape index (κ2) is 5.83. The highest BCUT2D eigenvalue weighted by molar-refractivity contribution is 5.83. The molecule has 1 aliphatic carbocycles. The van der Waals surface area contributed by atoms with Crippen molar-refractivity contribution in [3.8, 4) is 0 Å². The fourth-order valence-electron chi connectivity index (χ4n) is 2.95. The molecule has 4 heteroatoms. The molecule has 0 bridgehead atoms. The van der Waals surface area contributed by atoms with Crippen molar-refractivity contribution in [2.75, 3.05) is 33.7 Å². The first-order chi connectivity index (χ1) is 8.18. The van der Waals surface area contributed by atoms with Crippen LogP contribution in [0, 0.1) is 0 Å². The van der Waals surface area contributed by atoms with Crippen molar-refractivity contribution in [1.82, 2.24) is 15.1 Å². The van der Waals surface area contributed by atoms with Crippen molar-refractivity contribution in [2.45, 2.75) is 44.2 Å². The molecule has 98 valence electrons. The number of rotatable bonds is 5. The number of hydrogen-bond acceptors (Lipinski definition) is 3. The Balaban J connectivity index is 1.64. The molecule has 1 aliphatic heterocycles. The number of carbonyl (C=O) groups excluding carboxylic acids is 1. The normalized spacial score (nSPS) is 26.4. The van der Waals surface area contributed by atoms with Crippen molar-refractivity contribution in [3.05, 3.63) is 0 Å². The molecule has 2 fully saturated rings. The van der Waals surface area contributed by atoms with Crippen LogP contribution in [0.15, 0.2) is 0 Å². The van der Waals surface area contributed by atoms with Gasteiger partial charge in [0.25, 0.3) is 0 Å². The van der Waals surface area contributed by atoms with E-state index in [1.165, 1.54) is 25.7 Å². The van der Waals surface area contributed by atoms with E-state index < -0.39 is 0 Å². The molecule has 1 heterocycles. The molecule has 1 saturated heterocycles. The summed E-state index contributed by atoms with van der Waals surface area (Å²) < 4.78 is 0. The van der Waals surface area contributed by atoms with E-state index in [2.05, 4.69) is 17.3 Å². The minimum atomic E-state index is 0.0666. The van der Waals surface area contributed by atoms with E-state index >= 15 is 0 Å². The Labute approximate surface area is 104 Å². The quantitative estimate of drug-likeness (QED) is 0.766. The van der Waals surface area contributed by atoms with E-state index in [9.17, 15) is 4.79 Å². The van der Waals surface area contributed by atoms with Gasteiger partial charge in [-0.2, -0.15) is 0 Å². The molecule has 0 aromatic heterocycles. The fourth-order valence-corrected chi connectivity index (χ4v) is 2.95. The van der Waals surface area contributed by atoms with Crippen molar-refractivity contribution >= 4 is 5.91 Å². The summed E-state index contributed by atoms with van der Waals surface area (Å²) in [6, 6.07) is 0.843. The van der Waals surface area contributed by atoms with Gasteiger partial charge in [-0.05, 0) is 26.3 Å². The van der Waals surface area contributed by atoms with Gasteiger partial charge in [-0.25, -0.2) is 0 Å². The Morgan fingerprint density at radius 1 is 1.35 bits per heavy atom. The summed E-state index contributed by atoms with van der Waals surface area (Å²) in [5.74, 6) is 0.258. The average molecular weight is 239 g/mol. The summed E-state index contributed by atoms with van der Waals surface area (Å²) in [6.07, 6.45) is 6.42. The topological polar surface area (TPSA) is 35.6 Å². The van der Waals surface area contributed by atoms with Crippen molar-refractivity contribution < 1.29 is 4.79 Å². The summed E-state index contributed by atoms with van der Waals surface area (Å²) in [7, 11) is 4.09. The lowest BCUT2D eigenvalue weighted by atomic mass is 10.2. The van der Waals surface area contributed by atoms with Gasteiger partial charge < -0.3 is 15.1 Å². The van der Waals surface area contributed by atoms with Crippen LogP contribution in [0.5, 0.6) is 0 Å². The van der Waals surface area contributed by atoms with Crippen LogP contribution in [-0.4, -0.2) is 61.5 Å². The molecule has 0 radical (unpaired) electrons. The summed E-state index contributed by atoms with van der Waals surface area (Å²) >= 11 is 0. The van der Waals surface area contributed by atoms with Crippen LogP contribution in [0.1, 0.15) is 32.1 Å². The van der Waals surface area contributed by atoms with Gasteiger partial charge in [0.2, 0.25) is 5.91 Å². The van der Waals surface area contributed by atoms with Crippen LogP contribution in [-0.2, 0) is 4.79 Å². The first-order valence-corrected chi connectivity index (χ1v) is 6.87. The third-order valence-electron chi connectivity index (χ3n) is 4.23. The molecule has 1 amide bonds. The molecule has 0 aromatic carbocycles. The van der Waals surface area contributed by atoms with E-state index in [0.29, 0.717) is 0 Å². The van der Waals surface area contributed by atoms with E-state index in [1.54, 1.807) is 0 Å². The van der Waals surface area contributed by atoms with Gasteiger partial charge >= 0.3 is 0 Å². The van der Waals surface area contributed by atoms with Crippen LogP contribution in [0.25, 0.3) is 0 Å². The third-order valence-corrected chi connectivity index (χ3v) is 4.23. The molecular formula is C13H25N3O. The van der Waals surface area contributed by atoms with Gasteiger partial charge in [0, 0.05) is 32.7 Å². The number of amides is 1. The van der Waals surface area contributed by atoms with Crippen LogP contribution in [0.3, 0.4) is 0 Å². The molecule has 17 heavy (non-hydrogen) atoms. The summed E-state index contributed by atoms with van der Waals surface area (Å²) in [5, 5.41) is 3.38. The fraction of sp³-hybridized carbons (Fsp3) is 0.923. The van der Waals surface area contributed by atoms with Gasteiger partial charge in [-0.3, -0.25) is 4.79 Å². The maximum atomic E-state index is 11.7. The number of hydrogen-bond donors (Lipinski definition) is 1. The second-order valence-corrected chi connectivity index (χ2v) is 5.47. The first kappa shape index (κ1) is 12.8. The molecular weight excluding hydrogens is 214 g/mol. The SMILES string of the molecule is CN1CCC(NCCN(C)C2CCCC2)C1=O. The van der Waals surface area contributed by atoms with E-state index in [-0.39, 0.29) is 11.9 Å². The lowest BCUT2D eigenvalue weighted by molar-refractivity contribution is -0.128. The van der Waals surface area contributed by atoms with Crippen LogP contribution >= 0.6 is 0 Å². The van der Waals surface area contributed by atoms with Gasteiger partial charge in [-0.1, -0.05) is 12.8 Å². The Morgan fingerprint density at radius 2 is 2.06 bits per heavy atom. The molecule has 1 unspecified atom stereocenters. The third kappa shape index (κ3) is 3.19. The Kier molecular flexibility index (Phi) is 4.40. The van der Waals surface area contributed by atoms with E-state index in [1.807, 2.05) is 11.9 Å². The highest BCUT2D eigenvalue weighted by Crippen LogP contribution is 2.21. The minimum absolute atomic E-state index is 0.0666. The van der Waals surface area contributed by atoms with Crippen LogP contribution < -0.4 is 5.32 Å². The molecule has 0 spiro atoms. The standard InChI is InChI=1S/C13H25N3O/c1-15(11-5-3-4-6-11)10-8-14-12-7-9-16(2)13(12)17/h11-12,14H,3-10H2,1-2H3. The van der Waals surface area contributed by atoms with Gasteiger partial charge in [-0.15, -0.1) is 0 Å². The predicted molar refractivity (Wildman–Crippen MR) is 68.9 cm³/mol. The minimum Gasteiger partial charge on any atom is -0.344 e. The zero-order chi connectivity index (χ0) is 12.3. The van der Waals surface area contributed by atoms with Gasteiger partial charge in [0.05, 0.1) is 6.04 Å². The van der Waals surface area contributed by atoms with Crippen molar-refractivity contribution in [3.63, 3.8) is 0 Å². The maximum Gasteiger partial charge on any atom is 0.239 e. The molecule has 2 rings (SSSR count). The lowest BCUT2D eigenvalue weighted by Gasteiger charge is -2.24. The van der Waals surface area contributed by atoms with E-state index in [4.69, 9.17) is 0 Å². The van der Waals surface area contributed by atoms with Gasteiger partial charge in [0.1, 0.15) is 0 Å². The number of likely N-dealkylation sites (N-methyl/N-ethyl adjacent to an activating group) is 2. The van der Waals surface area contributed by atoms with Crippen LogP contribution in [0.2, 0.25) is 0 Å². The maximum absolute atomic E-state index is 11.7. The van der Waals surface area contributed by atoms with Crippen molar-refractivity contribution in [2.24, 2.45) is 0 Å². The van der Waals surface area contributed by atoms with Crippen LogP contribution in [0.4, 0.5) is 0 Å². The summed E-state index contributed by atoms with van der Waals surface area (Å²) in [6.45, 7) is 2.88. The highest BCUT2D eigenvalue weighted by atomic mass is 16.2. The Morgan fingerprint density at radius 3 is 2.65 bits per heavy atom. The predicted octanol–water partition coefficient (Wildman–Crippen LogP) is 0.681. The molecule has 1 atom stereocenters. The zero-order valence-corrected chi connectivity index (χ0v) is 11.1. The van der Waals surface area contributed by atoms with E-state index in [0.717, 1.165) is 32.1 Å². The van der Waals surface area contributed by atoms with Gasteiger partial charge in [0.15, 0.2) is 0 Å². The second-order valence-electron chi connectivity index (χ2n) is 5.47. The smallest absolute Gasteiger partial charge is 0.239 e. The number of carbonyl (C=O) groups is 1. The molecule has 2 aliphatic rings. The lowest BCUT2D eigenvalue weighted by Crippen LogP contribution is -2.42. The first-order valence-electron chi connectivity index (χ1n) is 6.87. The Hall–Kier alpha value is -0.610. The monoisotopic (exact) mass is 239 g/mol. The summed E-state index contributed by atoms with van der Waals surface area (Å²) in [5.41, 5.74) is 0. The zero-order valence-electron chi connectivity index (χ0n) is 11.1. The Bertz CT molecular complexity index is 263. The average Bonchev–Trinajstić information content (AvgIpc) is 2.93. The molecule has 4 nitrogen and oxygen atoms in total. The molecule has 1 N–H and O–H groups in total. The molecule has 0 aromatic rings. The number of nitrogens with one attached hydrogen (secondary N) is 1. The molecule has 1 saturated carbocycles. The number of likely N-dealkylation sites (tertiary alicyclic amines) is 1.